The minimum Gasteiger partial charge on any atom is -0.353 e. The number of fused-ring (bicyclic) bond motifs is 1. The molecule has 1 aliphatic heterocycles. The summed E-state index contributed by atoms with van der Waals surface area (Å²) in [6.45, 7) is 1.56. The van der Waals surface area contributed by atoms with E-state index in [1.54, 1.807) is 0 Å². The van der Waals surface area contributed by atoms with Crippen LogP contribution in [0.4, 0.5) is 4.79 Å². The van der Waals surface area contributed by atoms with Crippen molar-refractivity contribution in [1.82, 2.24) is 25.1 Å². The second-order valence-corrected chi connectivity index (χ2v) is 6.20. The number of nitrogens with one attached hydrogen (secondary N) is 2. The minimum atomic E-state index is -0.218. The monoisotopic (exact) mass is 349 g/mol. The zero-order chi connectivity index (χ0) is 17.9. The molecule has 3 amide bonds. The summed E-state index contributed by atoms with van der Waals surface area (Å²) in [4.78, 5) is 29.4. The van der Waals surface area contributed by atoms with Gasteiger partial charge in [-0.1, -0.05) is 24.3 Å². The van der Waals surface area contributed by atoms with Gasteiger partial charge in [0.2, 0.25) is 5.91 Å². The van der Waals surface area contributed by atoms with Crippen LogP contribution in [-0.2, 0) is 11.3 Å². The zero-order valence-electron chi connectivity index (χ0n) is 14.2. The van der Waals surface area contributed by atoms with Gasteiger partial charge in [-0.25, -0.2) is 9.78 Å². The van der Waals surface area contributed by atoms with Crippen molar-refractivity contribution < 1.29 is 9.59 Å². The maximum Gasteiger partial charge on any atom is 0.318 e. The van der Waals surface area contributed by atoms with Crippen molar-refractivity contribution in [2.45, 2.75) is 6.54 Å². The molecule has 4 rings (SSSR count). The van der Waals surface area contributed by atoms with E-state index in [1.807, 2.05) is 59.4 Å². The van der Waals surface area contributed by atoms with Crippen LogP contribution in [0.15, 0.2) is 54.9 Å². The number of hydrogen-bond acceptors (Lipinski definition) is 3. The average Bonchev–Trinajstić information content (AvgIpc) is 3.11. The van der Waals surface area contributed by atoms with E-state index < -0.39 is 0 Å². The van der Waals surface area contributed by atoms with Gasteiger partial charge in [0.05, 0.1) is 11.0 Å². The highest BCUT2D eigenvalue weighted by Crippen LogP contribution is 2.18. The number of carbonyl (C=O) groups excluding carboxylic acids is 2. The SMILES string of the molecule is O=C1CN(C(=O)NCc2ccc(-n3cnc4ccccc43)cc2)CCN1. The van der Waals surface area contributed by atoms with E-state index in [2.05, 4.69) is 15.6 Å². The molecule has 7 heteroatoms. The molecule has 1 aromatic heterocycles. The molecule has 7 nitrogen and oxygen atoms in total. The molecule has 1 saturated heterocycles. The summed E-state index contributed by atoms with van der Waals surface area (Å²) in [5.41, 5.74) is 4.01. The van der Waals surface area contributed by atoms with Crippen LogP contribution in [0.3, 0.4) is 0 Å². The lowest BCUT2D eigenvalue weighted by atomic mass is 10.2. The topological polar surface area (TPSA) is 79.3 Å². The molecule has 0 saturated carbocycles. The Kier molecular flexibility index (Phi) is 4.27. The standard InChI is InChI=1S/C19H19N5O2/c25-18-12-23(10-9-20-18)19(26)21-11-14-5-7-15(8-6-14)24-13-22-16-3-1-2-4-17(16)24/h1-8,13H,9-12H2,(H,20,25)(H,21,26). The highest BCUT2D eigenvalue weighted by Gasteiger charge is 2.20. The largest absolute Gasteiger partial charge is 0.353 e. The summed E-state index contributed by atoms with van der Waals surface area (Å²) in [7, 11) is 0. The van der Waals surface area contributed by atoms with Gasteiger partial charge in [-0.05, 0) is 29.8 Å². The van der Waals surface area contributed by atoms with E-state index in [4.69, 9.17) is 0 Å². The average molecular weight is 349 g/mol. The lowest BCUT2D eigenvalue weighted by Crippen LogP contribution is -2.52. The van der Waals surface area contributed by atoms with Crippen LogP contribution in [-0.4, -0.2) is 46.0 Å². The van der Waals surface area contributed by atoms with Crippen molar-refractivity contribution >= 4 is 23.0 Å². The van der Waals surface area contributed by atoms with Crippen molar-refractivity contribution in [3.05, 3.63) is 60.4 Å². The molecule has 1 fully saturated rings. The molecule has 2 heterocycles. The van der Waals surface area contributed by atoms with E-state index in [0.717, 1.165) is 22.3 Å². The second kappa shape index (κ2) is 6.87. The summed E-state index contributed by atoms with van der Waals surface area (Å²) >= 11 is 0. The molecule has 0 bridgehead atoms. The summed E-state index contributed by atoms with van der Waals surface area (Å²) in [5, 5.41) is 5.57. The second-order valence-electron chi connectivity index (χ2n) is 6.20. The number of piperazine rings is 1. The fourth-order valence-electron chi connectivity index (χ4n) is 3.04. The number of hydrogen-bond donors (Lipinski definition) is 2. The summed E-state index contributed by atoms with van der Waals surface area (Å²) in [6.07, 6.45) is 1.81. The fraction of sp³-hybridized carbons (Fsp3) is 0.211. The predicted octanol–water partition coefficient (Wildman–Crippen LogP) is 1.67. The Balaban J connectivity index is 1.42. The molecule has 26 heavy (non-hydrogen) atoms. The number of benzene rings is 2. The van der Waals surface area contributed by atoms with Gasteiger partial charge in [0.1, 0.15) is 12.9 Å². The summed E-state index contributed by atoms with van der Waals surface area (Å²) < 4.78 is 2.03. The molecule has 2 N–H and O–H groups in total. The van der Waals surface area contributed by atoms with Crippen LogP contribution in [0.25, 0.3) is 16.7 Å². The third-order valence-electron chi connectivity index (χ3n) is 4.44. The normalized spacial score (nSPS) is 14.3. The minimum absolute atomic E-state index is 0.110. The molecular weight excluding hydrogens is 330 g/mol. The first-order valence-electron chi connectivity index (χ1n) is 8.51. The molecule has 0 unspecified atom stereocenters. The van der Waals surface area contributed by atoms with Gasteiger partial charge in [-0.2, -0.15) is 0 Å². The first-order chi connectivity index (χ1) is 12.7. The Morgan fingerprint density at radius 1 is 1.15 bits per heavy atom. The third kappa shape index (κ3) is 3.23. The third-order valence-corrected chi connectivity index (χ3v) is 4.44. The molecular formula is C19H19N5O2. The van der Waals surface area contributed by atoms with Crippen molar-refractivity contribution in [2.24, 2.45) is 0 Å². The maximum atomic E-state index is 12.1. The van der Waals surface area contributed by atoms with Crippen LogP contribution < -0.4 is 10.6 Å². The number of aromatic nitrogens is 2. The van der Waals surface area contributed by atoms with Gasteiger partial charge >= 0.3 is 6.03 Å². The maximum absolute atomic E-state index is 12.1. The Bertz CT molecular complexity index is 948. The van der Waals surface area contributed by atoms with Gasteiger partial charge in [0, 0.05) is 25.3 Å². The van der Waals surface area contributed by atoms with E-state index >= 15 is 0 Å². The Labute approximate surface area is 150 Å². The van der Waals surface area contributed by atoms with Crippen molar-refractivity contribution in [1.29, 1.82) is 0 Å². The zero-order valence-corrected chi connectivity index (χ0v) is 14.2. The van der Waals surface area contributed by atoms with Gasteiger partial charge in [-0.15, -0.1) is 0 Å². The van der Waals surface area contributed by atoms with Gasteiger partial charge < -0.3 is 15.5 Å². The Hall–Kier alpha value is -3.35. The molecule has 0 aliphatic carbocycles. The number of para-hydroxylation sites is 2. The highest BCUT2D eigenvalue weighted by atomic mass is 16.2. The molecule has 2 aromatic carbocycles. The molecule has 132 valence electrons. The smallest absolute Gasteiger partial charge is 0.318 e. The predicted molar refractivity (Wildman–Crippen MR) is 97.9 cm³/mol. The van der Waals surface area contributed by atoms with E-state index in [9.17, 15) is 9.59 Å². The lowest BCUT2D eigenvalue weighted by Gasteiger charge is -2.26. The number of imidazole rings is 1. The van der Waals surface area contributed by atoms with Gasteiger partial charge in [0.15, 0.2) is 0 Å². The number of rotatable bonds is 3. The van der Waals surface area contributed by atoms with Crippen LogP contribution >= 0.6 is 0 Å². The van der Waals surface area contributed by atoms with Crippen molar-refractivity contribution in [2.75, 3.05) is 19.6 Å². The van der Waals surface area contributed by atoms with E-state index in [0.29, 0.717) is 19.6 Å². The van der Waals surface area contributed by atoms with E-state index in [1.165, 1.54) is 4.90 Å². The molecule has 3 aromatic rings. The Morgan fingerprint density at radius 3 is 2.77 bits per heavy atom. The first-order valence-corrected chi connectivity index (χ1v) is 8.51. The summed E-state index contributed by atoms with van der Waals surface area (Å²) in [6, 6.07) is 15.7. The Morgan fingerprint density at radius 2 is 1.96 bits per heavy atom. The highest BCUT2D eigenvalue weighted by molar-refractivity contribution is 5.85. The number of nitrogens with zero attached hydrogens (tertiary/aromatic N) is 3. The van der Waals surface area contributed by atoms with Crippen LogP contribution in [0.1, 0.15) is 5.56 Å². The van der Waals surface area contributed by atoms with E-state index in [-0.39, 0.29) is 18.5 Å². The van der Waals surface area contributed by atoms with Gasteiger partial charge in [0.25, 0.3) is 0 Å². The van der Waals surface area contributed by atoms with Crippen molar-refractivity contribution in [3.63, 3.8) is 0 Å². The molecule has 0 atom stereocenters. The number of urea groups is 1. The molecule has 1 aliphatic rings. The molecule has 0 spiro atoms. The fourth-order valence-corrected chi connectivity index (χ4v) is 3.04. The van der Waals surface area contributed by atoms with Crippen LogP contribution in [0, 0.1) is 0 Å². The molecule has 0 radical (unpaired) electrons. The van der Waals surface area contributed by atoms with Crippen molar-refractivity contribution in [3.8, 4) is 5.69 Å². The van der Waals surface area contributed by atoms with Crippen LogP contribution in [0.2, 0.25) is 0 Å². The first kappa shape index (κ1) is 16.1. The van der Waals surface area contributed by atoms with Gasteiger partial charge in [-0.3, -0.25) is 9.36 Å². The lowest BCUT2D eigenvalue weighted by molar-refractivity contribution is -0.123. The number of amides is 3. The number of carbonyl (C=O) groups is 2. The summed E-state index contributed by atoms with van der Waals surface area (Å²) in [5.74, 6) is -0.122. The van der Waals surface area contributed by atoms with Crippen LogP contribution in [0.5, 0.6) is 0 Å². The quantitative estimate of drug-likeness (QED) is 0.755.